The number of pyridine rings is 1. The third-order valence-electron chi connectivity index (χ3n) is 5.80. The second-order valence-corrected chi connectivity index (χ2v) is 8.07. The fourth-order valence-corrected chi connectivity index (χ4v) is 3.99. The van der Waals surface area contributed by atoms with E-state index in [1.807, 2.05) is 43.3 Å². The van der Waals surface area contributed by atoms with Crippen LogP contribution in [0.1, 0.15) is 56.7 Å². The number of hydrogen-bond acceptors (Lipinski definition) is 5. The molecule has 1 heterocycles. The van der Waals surface area contributed by atoms with E-state index in [4.69, 9.17) is 5.11 Å². The Morgan fingerprint density at radius 3 is 2.41 bits per heavy atom. The second kappa shape index (κ2) is 10.8. The predicted octanol–water partition coefficient (Wildman–Crippen LogP) is 4.79. The molecule has 3 rings (SSSR count). The molecule has 0 aliphatic rings. The van der Waals surface area contributed by atoms with Gasteiger partial charge in [0.1, 0.15) is 6.04 Å². The minimum atomic E-state index is -0.515. The molecule has 0 spiro atoms. The maximum Gasteiger partial charge on any atom is 0.253 e. The molecule has 3 aromatic rings. The van der Waals surface area contributed by atoms with Crippen molar-refractivity contribution in [3.8, 4) is 0 Å². The first-order valence-corrected chi connectivity index (χ1v) is 10.7. The number of hydrogen-bond donors (Lipinski definition) is 1. The lowest BCUT2D eigenvalue weighted by atomic mass is 9.82. The van der Waals surface area contributed by atoms with Crippen molar-refractivity contribution in [3.05, 3.63) is 105 Å². The summed E-state index contributed by atoms with van der Waals surface area (Å²) in [7, 11) is 1.67. The normalized spacial score (nSPS) is 12.8. The Labute approximate surface area is 188 Å². The smallest absolute Gasteiger partial charge is 0.253 e. The molecule has 0 bridgehead atoms. The van der Waals surface area contributed by atoms with Gasteiger partial charge in [-0.1, -0.05) is 41.6 Å². The summed E-state index contributed by atoms with van der Waals surface area (Å²) in [6.07, 6.45) is 2.21. The first-order valence-electron chi connectivity index (χ1n) is 10.7. The highest BCUT2D eigenvalue weighted by molar-refractivity contribution is 5.94. The molecule has 2 aromatic carbocycles. The third kappa shape index (κ3) is 5.45. The van der Waals surface area contributed by atoms with Crippen LogP contribution in [0.4, 0.5) is 0 Å². The highest BCUT2D eigenvalue weighted by Gasteiger charge is 2.24. The Hall–Kier alpha value is -3.38. The number of amides is 1. The van der Waals surface area contributed by atoms with Crippen molar-refractivity contribution in [1.82, 2.24) is 9.88 Å². The van der Waals surface area contributed by atoms with E-state index in [1.165, 1.54) is 4.90 Å². The summed E-state index contributed by atoms with van der Waals surface area (Å²) >= 11 is 0. The van der Waals surface area contributed by atoms with Crippen molar-refractivity contribution < 1.29 is 9.90 Å². The van der Waals surface area contributed by atoms with Gasteiger partial charge in [0.15, 0.2) is 0 Å². The van der Waals surface area contributed by atoms with Crippen molar-refractivity contribution in [3.63, 3.8) is 0 Å². The van der Waals surface area contributed by atoms with E-state index in [2.05, 4.69) is 29.2 Å². The average molecular weight is 432 g/mol. The first-order chi connectivity index (χ1) is 15.4. The molecule has 6 nitrogen and oxygen atoms in total. The predicted molar refractivity (Wildman–Crippen MR) is 126 cm³/mol. The third-order valence-corrected chi connectivity index (χ3v) is 5.80. The van der Waals surface area contributed by atoms with Gasteiger partial charge < -0.3 is 10.0 Å². The minimum Gasteiger partial charge on any atom is -0.395 e. The molecule has 0 saturated carbocycles. The Morgan fingerprint density at radius 1 is 1.06 bits per heavy atom. The number of aryl methyl sites for hydroxylation is 2. The Kier molecular flexibility index (Phi) is 7.84. The zero-order valence-corrected chi connectivity index (χ0v) is 18.7. The molecule has 166 valence electrons. The summed E-state index contributed by atoms with van der Waals surface area (Å²) in [6.45, 7) is 4.16. The largest absolute Gasteiger partial charge is 0.395 e. The van der Waals surface area contributed by atoms with Gasteiger partial charge in [-0.25, -0.2) is 0 Å². The van der Waals surface area contributed by atoms with Gasteiger partial charge in [0.2, 0.25) is 0 Å². The molecule has 1 N–H and O–H groups in total. The van der Waals surface area contributed by atoms with Crippen LogP contribution in [0.2, 0.25) is 0 Å². The number of aromatic nitrogens is 1. The fourth-order valence-electron chi connectivity index (χ4n) is 3.99. The van der Waals surface area contributed by atoms with E-state index in [1.54, 1.807) is 25.4 Å². The number of nitroso groups, excluding NO2 is 1. The zero-order chi connectivity index (χ0) is 23.1. The lowest BCUT2D eigenvalue weighted by Crippen LogP contribution is -2.29. The number of carbonyl (C=O) groups is 1. The van der Waals surface area contributed by atoms with Gasteiger partial charge in [-0.05, 0) is 66.8 Å². The highest BCUT2D eigenvalue weighted by atomic mass is 16.3. The molecule has 2 atom stereocenters. The molecule has 1 aromatic heterocycles. The number of aliphatic hydroxyl groups excluding tert-OH is 1. The van der Waals surface area contributed by atoms with Crippen LogP contribution in [0, 0.1) is 18.8 Å². The molecule has 0 radical (unpaired) electrons. The van der Waals surface area contributed by atoms with Crippen molar-refractivity contribution >= 4 is 5.91 Å². The van der Waals surface area contributed by atoms with Crippen molar-refractivity contribution in [1.29, 1.82) is 0 Å². The molecule has 1 amide bonds. The van der Waals surface area contributed by atoms with E-state index in [0.29, 0.717) is 12.0 Å². The summed E-state index contributed by atoms with van der Waals surface area (Å²) in [4.78, 5) is 30.1. The van der Waals surface area contributed by atoms with E-state index in [9.17, 15) is 9.70 Å². The van der Waals surface area contributed by atoms with Gasteiger partial charge in [0.25, 0.3) is 5.91 Å². The van der Waals surface area contributed by atoms with Gasteiger partial charge in [-0.3, -0.25) is 9.78 Å². The van der Waals surface area contributed by atoms with E-state index >= 15 is 0 Å². The molecule has 6 heteroatoms. The van der Waals surface area contributed by atoms with Crippen LogP contribution in [0.25, 0.3) is 0 Å². The molecule has 0 aliphatic heterocycles. The maximum absolute atomic E-state index is 12.5. The number of benzene rings is 2. The molecule has 1 unspecified atom stereocenters. The second-order valence-electron chi connectivity index (χ2n) is 8.07. The molecular formula is C26H29N3O3. The standard InChI is InChI=1S/C26H29N3O3/c1-18-6-4-5-7-23(18)24(17-25(28-32)22-12-13-27-19(2)16-22)20-8-10-21(11-9-20)26(31)29(3)14-15-30/h4-13,16,24-25,30H,14-15,17H2,1-3H3/t24-,25?/m1/s1. The van der Waals surface area contributed by atoms with Gasteiger partial charge >= 0.3 is 0 Å². The van der Waals surface area contributed by atoms with Crippen LogP contribution >= 0.6 is 0 Å². The van der Waals surface area contributed by atoms with Crippen molar-refractivity contribution in [2.45, 2.75) is 32.2 Å². The average Bonchev–Trinajstić information content (AvgIpc) is 2.80. The number of nitrogens with zero attached hydrogens (tertiary/aromatic N) is 3. The minimum absolute atomic E-state index is 0.0632. The van der Waals surface area contributed by atoms with Crippen LogP contribution in [-0.4, -0.2) is 41.1 Å². The topological polar surface area (TPSA) is 82.9 Å². The van der Waals surface area contributed by atoms with Crippen LogP contribution in [0.5, 0.6) is 0 Å². The first kappa shape index (κ1) is 23.3. The van der Waals surface area contributed by atoms with Gasteiger partial charge in [-0.15, -0.1) is 0 Å². The summed E-state index contributed by atoms with van der Waals surface area (Å²) in [5.74, 6) is -0.204. The van der Waals surface area contributed by atoms with Gasteiger partial charge in [0, 0.05) is 37.0 Å². The van der Waals surface area contributed by atoms with Crippen LogP contribution in [0.3, 0.4) is 0 Å². The van der Waals surface area contributed by atoms with Gasteiger partial charge in [0.05, 0.1) is 6.61 Å². The quantitative estimate of drug-likeness (QED) is 0.494. The lowest BCUT2D eigenvalue weighted by molar-refractivity contribution is 0.0767. The summed E-state index contributed by atoms with van der Waals surface area (Å²) < 4.78 is 0. The number of carbonyl (C=O) groups excluding carboxylic acids is 1. The Morgan fingerprint density at radius 2 is 1.78 bits per heavy atom. The molecular weight excluding hydrogens is 402 g/mol. The highest BCUT2D eigenvalue weighted by Crippen LogP contribution is 2.37. The Bertz CT molecular complexity index is 1070. The monoisotopic (exact) mass is 431 g/mol. The summed E-state index contributed by atoms with van der Waals surface area (Å²) in [5, 5.41) is 12.5. The molecule has 32 heavy (non-hydrogen) atoms. The van der Waals surface area contributed by atoms with E-state index in [-0.39, 0.29) is 25.0 Å². The van der Waals surface area contributed by atoms with Crippen LogP contribution in [-0.2, 0) is 0 Å². The molecule has 0 fully saturated rings. The van der Waals surface area contributed by atoms with Gasteiger partial charge in [-0.2, -0.15) is 4.91 Å². The summed E-state index contributed by atoms with van der Waals surface area (Å²) in [5.41, 5.74) is 5.53. The zero-order valence-electron chi connectivity index (χ0n) is 18.7. The number of likely N-dealkylation sites (N-methyl/N-ethyl adjacent to an activating group) is 1. The van der Waals surface area contributed by atoms with Crippen molar-refractivity contribution in [2.24, 2.45) is 5.18 Å². The fraction of sp³-hybridized carbons (Fsp3) is 0.308. The number of rotatable bonds is 9. The SMILES string of the molecule is Cc1cc(C(C[C@H](c2ccc(C(=O)N(C)CCO)cc2)c2ccccc2C)N=O)ccn1. The maximum atomic E-state index is 12.5. The lowest BCUT2D eigenvalue weighted by Gasteiger charge is -2.23. The molecule has 0 aliphatic carbocycles. The Balaban J connectivity index is 1.96. The van der Waals surface area contributed by atoms with Crippen molar-refractivity contribution in [2.75, 3.05) is 20.2 Å². The number of aliphatic hydroxyl groups is 1. The van der Waals surface area contributed by atoms with E-state index < -0.39 is 6.04 Å². The molecule has 0 saturated heterocycles. The summed E-state index contributed by atoms with van der Waals surface area (Å²) in [6, 6.07) is 18.8. The van der Waals surface area contributed by atoms with Crippen LogP contribution < -0.4 is 0 Å². The van der Waals surface area contributed by atoms with E-state index in [0.717, 1.165) is 27.9 Å². The van der Waals surface area contributed by atoms with Crippen LogP contribution in [0.15, 0.2) is 72.0 Å².